The third kappa shape index (κ3) is 63.8. The molecule has 0 amide bonds. The molecule has 8 heteroatoms. The lowest BCUT2D eigenvalue weighted by Gasteiger charge is -1.89. The van der Waals surface area contributed by atoms with Crippen molar-refractivity contribution in [2.45, 2.75) is 96.9 Å². The lowest BCUT2D eigenvalue weighted by molar-refractivity contribution is -0.141. The second kappa shape index (κ2) is 50.8. The summed E-state index contributed by atoms with van der Waals surface area (Å²) in [7, 11) is 0. The fraction of sp³-hybridized carbons (Fsp3) is 0.310. The Labute approximate surface area is 399 Å². The molecule has 0 saturated carbocycles. The molecule has 0 saturated heterocycles. The molecule has 0 aromatic heterocycles. The molecule has 8 nitrogen and oxygen atoms in total. The maximum absolute atomic E-state index is 9.82. The molecule has 0 atom stereocenters. The van der Waals surface area contributed by atoms with Crippen molar-refractivity contribution in [3.63, 3.8) is 0 Å². The van der Waals surface area contributed by atoms with Crippen molar-refractivity contribution < 1.29 is 38.1 Å². The first-order valence-corrected chi connectivity index (χ1v) is 22.1. The maximum Gasteiger partial charge on any atom is 0.302 e. The Balaban J connectivity index is -0.000000324. The van der Waals surface area contributed by atoms with Crippen molar-refractivity contribution in [1.82, 2.24) is 0 Å². The van der Waals surface area contributed by atoms with E-state index in [0.29, 0.717) is 26.4 Å². The lowest BCUT2D eigenvalue weighted by atomic mass is 10.2. The van der Waals surface area contributed by atoms with Crippen LogP contribution in [0.4, 0.5) is 0 Å². The highest BCUT2D eigenvalue weighted by Gasteiger charge is 1.84. The van der Waals surface area contributed by atoms with E-state index in [2.05, 4.69) is 133 Å². The molecule has 360 valence electrons. The molecule has 6 aromatic carbocycles. The van der Waals surface area contributed by atoms with E-state index in [1.807, 2.05) is 109 Å². The molecule has 0 radical (unpaired) electrons. The van der Waals surface area contributed by atoms with Gasteiger partial charge in [-0.3, -0.25) is 19.2 Å². The van der Waals surface area contributed by atoms with Gasteiger partial charge in [-0.05, 0) is 69.2 Å². The van der Waals surface area contributed by atoms with Crippen molar-refractivity contribution in [2.24, 2.45) is 0 Å². The number of aryl methyl sites for hydroxylation is 6. The minimum atomic E-state index is -0.211. The number of ether oxygens (including phenoxy) is 4. The number of esters is 4. The molecule has 66 heavy (non-hydrogen) atoms. The number of benzene rings is 6. The van der Waals surface area contributed by atoms with Crippen LogP contribution in [-0.4, -0.2) is 50.3 Å². The zero-order valence-electron chi connectivity index (χ0n) is 42.4. The smallest absolute Gasteiger partial charge is 0.302 e. The Bertz CT molecular complexity index is 1570. The third-order valence-electron chi connectivity index (χ3n) is 7.03. The summed E-state index contributed by atoms with van der Waals surface area (Å²) in [5.74, 6) is -0.843. The largest absolute Gasteiger partial charge is 0.466 e. The molecular weight excluding hydrogens is 825 g/mol. The van der Waals surface area contributed by atoms with Crippen LogP contribution in [-0.2, 0) is 38.1 Å². The molecule has 6 rings (SSSR count). The van der Waals surface area contributed by atoms with Crippen LogP contribution in [0.3, 0.4) is 0 Å². The number of hydrogen-bond donors (Lipinski definition) is 0. The van der Waals surface area contributed by atoms with Crippen LogP contribution in [0.5, 0.6) is 0 Å². The fourth-order valence-corrected chi connectivity index (χ4v) is 4.02. The Morgan fingerprint density at radius 2 is 0.364 bits per heavy atom. The molecule has 0 N–H and O–H groups in total. The molecule has 6 aromatic rings. The zero-order valence-corrected chi connectivity index (χ0v) is 42.4. The fourth-order valence-electron chi connectivity index (χ4n) is 4.02. The number of hydrogen-bond acceptors (Lipinski definition) is 8. The Kier molecular flexibility index (Phi) is 50.7. The van der Waals surface area contributed by atoms with E-state index < -0.39 is 0 Å². The molecule has 0 spiro atoms. The summed E-state index contributed by atoms with van der Waals surface area (Å²) in [5.41, 5.74) is 7.93. The van der Waals surface area contributed by atoms with Crippen LogP contribution in [0.2, 0.25) is 0 Å². The van der Waals surface area contributed by atoms with Gasteiger partial charge in [-0.15, -0.1) is 0 Å². The average molecular weight is 905 g/mol. The average Bonchev–Trinajstić information content (AvgIpc) is 3.27. The number of carbonyl (C=O) groups excluding carboxylic acids is 4. The highest BCUT2D eigenvalue weighted by molar-refractivity contribution is 5.66. The van der Waals surface area contributed by atoms with Crippen LogP contribution >= 0.6 is 0 Å². The van der Waals surface area contributed by atoms with Gasteiger partial charge >= 0.3 is 23.9 Å². The van der Waals surface area contributed by atoms with Crippen molar-refractivity contribution >= 4 is 23.9 Å². The zero-order chi connectivity index (χ0) is 50.6. The van der Waals surface area contributed by atoms with Gasteiger partial charge in [-0.1, -0.05) is 215 Å². The normalized spacial score (nSPS) is 8.33. The summed E-state index contributed by atoms with van der Waals surface area (Å²) < 4.78 is 17.6. The topological polar surface area (TPSA) is 105 Å². The van der Waals surface area contributed by atoms with E-state index >= 15 is 0 Å². The van der Waals surface area contributed by atoms with E-state index in [1.54, 1.807) is 27.7 Å². The van der Waals surface area contributed by atoms with Gasteiger partial charge in [-0.2, -0.15) is 0 Å². The lowest BCUT2D eigenvalue weighted by Crippen LogP contribution is -1.95. The van der Waals surface area contributed by atoms with Crippen LogP contribution in [0.25, 0.3) is 0 Å². The van der Waals surface area contributed by atoms with Gasteiger partial charge in [0.15, 0.2) is 0 Å². The van der Waals surface area contributed by atoms with Crippen molar-refractivity contribution in [3.8, 4) is 0 Å². The SMILES string of the molecule is CCOC(C)=O.CCOC(C)=O.CCOC(C)=O.CCOC(C)=O.Cc1ccccc1.Cc1ccccc1.Cc1ccccc1.Cc1ccccc1.Cc1ccccc1.Cc1ccccc1. The molecule has 0 unspecified atom stereocenters. The maximum atomic E-state index is 9.82. The highest BCUT2D eigenvalue weighted by atomic mass is 16.5. The predicted octanol–water partition coefficient (Wildman–Crippen LogP) is 14.2. The first-order chi connectivity index (χ1) is 31.4. The molecule has 0 fully saturated rings. The Morgan fingerprint density at radius 1 is 0.258 bits per heavy atom. The summed E-state index contributed by atoms with van der Waals surface area (Å²) in [5, 5.41) is 0. The molecule has 0 heterocycles. The highest BCUT2D eigenvalue weighted by Crippen LogP contribution is 1.95. The second-order valence-corrected chi connectivity index (χ2v) is 13.6. The molecule has 0 bridgehead atoms. The van der Waals surface area contributed by atoms with Gasteiger partial charge in [0.05, 0.1) is 26.4 Å². The van der Waals surface area contributed by atoms with Crippen LogP contribution in [0.15, 0.2) is 182 Å². The first kappa shape index (κ1) is 65.8. The minimum absolute atomic E-state index is 0.211. The summed E-state index contributed by atoms with van der Waals surface area (Å²) in [4.78, 5) is 39.3. The Hall–Kier alpha value is -6.80. The predicted molar refractivity (Wildman–Crippen MR) is 276 cm³/mol. The van der Waals surface area contributed by atoms with E-state index in [9.17, 15) is 19.2 Å². The van der Waals surface area contributed by atoms with E-state index in [1.165, 1.54) is 61.1 Å². The third-order valence-corrected chi connectivity index (χ3v) is 7.03. The molecule has 0 aliphatic rings. The quantitative estimate of drug-likeness (QED) is 0.127. The van der Waals surface area contributed by atoms with Gasteiger partial charge < -0.3 is 18.9 Å². The summed E-state index contributed by atoms with van der Waals surface area (Å²) >= 11 is 0. The molecular formula is C58H80O8. The van der Waals surface area contributed by atoms with Gasteiger partial charge in [0.25, 0.3) is 0 Å². The Morgan fingerprint density at radius 3 is 0.394 bits per heavy atom. The van der Waals surface area contributed by atoms with E-state index in [-0.39, 0.29) is 23.9 Å². The second-order valence-electron chi connectivity index (χ2n) is 13.6. The summed E-state index contributed by atoms with van der Waals surface area (Å²) in [6, 6.07) is 61.6. The van der Waals surface area contributed by atoms with Crippen LogP contribution in [0.1, 0.15) is 88.8 Å². The van der Waals surface area contributed by atoms with Gasteiger partial charge in [0.2, 0.25) is 0 Å². The van der Waals surface area contributed by atoms with Crippen molar-refractivity contribution in [3.05, 3.63) is 215 Å². The van der Waals surface area contributed by atoms with E-state index in [0.717, 1.165) is 0 Å². The number of rotatable bonds is 4. The van der Waals surface area contributed by atoms with E-state index in [4.69, 9.17) is 0 Å². The van der Waals surface area contributed by atoms with Crippen LogP contribution in [0, 0.1) is 41.5 Å². The minimum Gasteiger partial charge on any atom is -0.466 e. The summed E-state index contributed by atoms with van der Waals surface area (Å²) in [6.45, 7) is 27.1. The monoisotopic (exact) mass is 905 g/mol. The van der Waals surface area contributed by atoms with Crippen LogP contribution < -0.4 is 0 Å². The molecule has 0 aliphatic carbocycles. The first-order valence-electron chi connectivity index (χ1n) is 22.1. The van der Waals surface area contributed by atoms with Gasteiger partial charge in [0.1, 0.15) is 0 Å². The van der Waals surface area contributed by atoms with Crippen molar-refractivity contribution in [1.29, 1.82) is 0 Å². The standard InChI is InChI=1S/6C7H8.4C4H8O2/c6*1-7-5-3-2-4-6-7;4*1-3-6-4(2)5/h6*2-6H,1H3;4*3H2,1-2H3. The molecule has 0 aliphatic heterocycles. The number of carbonyl (C=O) groups is 4. The van der Waals surface area contributed by atoms with Gasteiger partial charge in [0, 0.05) is 27.7 Å². The summed E-state index contributed by atoms with van der Waals surface area (Å²) in [6.07, 6.45) is 0. The van der Waals surface area contributed by atoms with Gasteiger partial charge in [-0.25, -0.2) is 0 Å². The van der Waals surface area contributed by atoms with Crippen molar-refractivity contribution in [2.75, 3.05) is 26.4 Å².